The lowest BCUT2D eigenvalue weighted by Gasteiger charge is -2.34. The van der Waals surface area contributed by atoms with Crippen LogP contribution in [0.1, 0.15) is 5.56 Å². The molecule has 3 aromatic rings. The van der Waals surface area contributed by atoms with E-state index < -0.39 is 0 Å². The topological polar surface area (TPSA) is 61.4 Å². The first-order valence-corrected chi connectivity index (χ1v) is 9.73. The number of piperazine rings is 1. The zero-order valence-corrected chi connectivity index (χ0v) is 15.9. The smallest absolute Gasteiger partial charge is 0.321 e. The highest BCUT2D eigenvalue weighted by Crippen LogP contribution is 2.25. The molecule has 0 bridgehead atoms. The van der Waals surface area contributed by atoms with Crippen molar-refractivity contribution in [3.05, 3.63) is 60.2 Å². The molecule has 1 aliphatic heterocycles. The molecule has 4 rings (SSSR count). The van der Waals surface area contributed by atoms with E-state index in [0.29, 0.717) is 13.1 Å². The molecule has 2 aromatic carbocycles. The van der Waals surface area contributed by atoms with Gasteiger partial charge in [-0.2, -0.15) is 9.36 Å². The Morgan fingerprint density at radius 3 is 2.56 bits per heavy atom. The van der Waals surface area contributed by atoms with Gasteiger partial charge in [-0.1, -0.05) is 42.0 Å². The summed E-state index contributed by atoms with van der Waals surface area (Å²) in [6.07, 6.45) is 0. The highest BCUT2D eigenvalue weighted by atomic mass is 32.1. The molecule has 0 radical (unpaired) electrons. The van der Waals surface area contributed by atoms with Crippen LogP contribution in [0.3, 0.4) is 0 Å². The van der Waals surface area contributed by atoms with Gasteiger partial charge in [0.2, 0.25) is 5.13 Å². The molecule has 1 fully saturated rings. The molecule has 0 spiro atoms. The predicted octanol–water partition coefficient (Wildman–Crippen LogP) is 3.87. The van der Waals surface area contributed by atoms with Crippen LogP contribution in [-0.2, 0) is 0 Å². The van der Waals surface area contributed by atoms with E-state index in [4.69, 9.17) is 4.98 Å². The Morgan fingerprint density at radius 2 is 1.81 bits per heavy atom. The Morgan fingerprint density at radius 1 is 1.04 bits per heavy atom. The number of aromatic nitrogens is 2. The van der Waals surface area contributed by atoms with E-state index in [2.05, 4.69) is 33.6 Å². The molecule has 0 saturated carbocycles. The molecule has 6 nitrogen and oxygen atoms in total. The average Bonchev–Trinajstić information content (AvgIpc) is 3.19. The van der Waals surface area contributed by atoms with Gasteiger partial charge >= 0.3 is 6.03 Å². The summed E-state index contributed by atoms with van der Waals surface area (Å²) in [7, 11) is 0. The Balaban J connectivity index is 1.36. The van der Waals surface area contributed by atoms with E-state index in [-0.39, 0.29) is 6.03 Å². The van der Waals surface area contributed by atoms with E-state index in [1.165, 1.54) is 17.1 Å². The molecule has 1 aromatic heterocycles. The lowest BCUT2D eigenvalue weighted by Crippen LogP contribution is -2.50. The van der Waals surface area contributed by atoms with Crippen molar-refractivity contribution >= 4 is 28.4 Å². The number of hydrogen-bond donors (Lipinski definition) is 1. The molecule has 0 unspecified atom stereocenters. The number of hydrogen-bond acceptors (Lipinski definition) is 5. The monoisotopic (exact) mass is 379 g/mol. The summed E-state index contributed by atoms with van der Waals surface area (Å²) in [6, 6.07) is 17.7. The predicted molar refractivity (Wildman–Crippen MR) is 109 cm³/mol. The van der Waals surface area contributed by atoms with Gasteiger partial charge in [0.1, 0.15) is 0 Å². The second kappa shape index (κ2) is 7.75. The third kappa shape index (κ3) is 4.09. The third-order valence-corrected chi connectivity index (χ3v) is 5.33. The Bertz CT molecular complexity index is 919. The van der Waals surface area contributed by atoms with Gasteiger partial charge < -0.3 is 15.1 Å². The number of urea groups is 1. The van der Waals surface area contributed by atoms with Gasteiger partial charge in [-0.15, -0.1) is 0 Å². The van der Waals surface area contributed by atoms with Gasteiger partial charge in [-0.05, 0) is 25.1 Å². The number of nitrogens with zero attached hydrogens (tertiary/aromatic N) is 4. The molecule has 1 N–H and O–H groups in total. The van der Waals surface area contributed by atoms with E-state index in [0.717, 1.165) is 35.3 Å². The van der Waals surface area contributed by atoms with Crippen LogP contribution in [-0.4, -0.2) is 46.5 Å². The van der Waals surface area contributed by atoms with Crippen molar-refractivity contribution in [1.29, 1.82) is 0 Å². The van der Waals surface area contributed by atoms with Crippen molar-refractivity contribution in [2.24, 2.45) is 0 Å². The summed E-state index contributed by atoms with van der Waals surface area (Å²) in [4.78, 5) is 21.1. The van der Waals surface area contributed by atoms with Crippen molar-refractivity contribution in [3.8, 4) is 11.4 Å². The molecule has 0 aliphatic carbocycles. The number of carbonyl (C=O) groups is 1. The van der Waals surface area contributed by atoms with Crippen LogP contribution in [0.25, 0.3) is 11.4 Å². The van der Waals surface area contributed by atoms with Crippen LogP contribution in [0, 0.1) is 6.92 Å². The summed E-state index contributed by atoms with van der Waals surface area (Å²) in [5, 5.41) is 3.85. The third-order valence-electron chi connectivity index (χ3n) is 4.55. The minimum absolute atomic E-state index is 0.0569. The number of carbonyl (C=O) groups excluding carboxylic acids is 1. The first kappa shape index (κ1) is 17.5. The van der Waals surface area contributed by atoms with Gasteiger partial charge in [-0.25, -0.2) is 4.79 Å². The zero-order valence-electron chi connectivity index (χ0n) is 15.1. The van der Waals surface area contributed by atoms with Gasteiger partial charge in [0.25, 0.3) is 0 Å². The van der Waals surface area contributed by atoms with Crippen LogP contribution >= 0.6 is 11.5 Å². The second-order valence-electron chi connectivity index (χ2n) is 6.54. The maximum Gasteiger partial charge on any atom is 0.321 e. The minimum Gasteiger partial charge on any atom is -0.343 e. The summed E-state index contributed by atoms with van der Waals surface area (Å²) >= 11 is 1.41. The van der Waals surface area contributed by atoms with Crippen molar-refractivity contribution in [3.63, 3.8) is 0 Å². The molecule has 2 amide bonds. The minimum atomic E-state index is -0.0569. The van der Waals surface area contributed by atoms with E-state index in [1.54, 1.807) is 0 Å². The van der Waals surface area contributed by atoms with Crippen molar-refractivity contribution in [2.75, 3.05) is 36.4 Å². The van der Waals surface area contributed by atoms with E-state index >= 15 is 0 Å². The molecular weight excluding hydrogens is 358 g/mol. The standard InChI is InChI=1S/C20H21N5OS/c1-15-6-5-7-16(14-15)18-22-20(27-23-18)25-12-10-24(11-13-25)19(26)21-17-8-3-2-4-9-17/h2-9,14H,10-13H2,1H3,(H,21,26). The summed E-state index contributed by atoms with van der Waals surface area (Å²) in [5.74, 6) is 0.767. The first-order chi connectivity index (χ1) is 13.2. The van der Waals surface area contributed by atoms with E-state index in [9.17, 15) is 4.79 Å². The Kier molecular flexibility index (Phi) is 5.02. The molecule has 0 atom stereocenters. The van der Waals surface area contributed by atoms with Gasteiger partial charge in [0.05, 0.1) is 0 Å². The van der Waals surface area contributed by atoms with Gasteiger partial charge in [0.15, 0.2) is 5.82 Å². The van der Waals surface area contributed by atoms with Crippen molar-refractivity contribution in [1.82, 2.24) is 14.3 Å². The quantitative estimate of drug-likeness (QED) is 0.750. The molecule has 27 heavy (non-hydrogen) atoms. The highest BCUT2D eigenvalue weighted by Gasteiger charge is 2.23. The van der Waals surface area contributed by atoms with Crippen molar-refractivity contribution < 1.29 is 4.79 Å². The SMILES string of the molecule is Cc1cccc(-c2nsc(N3CCN(C(=O)Nc4ccccc4)CC3)n2)c1. The number of amides is 2. The summed E-state index contributed by atoms with van der Waals surface area (Å²) < 4.78 is 4.51. The zero-order chi connectivity index (χ0) is 18.6. The van der Waals surface area contributed by atoms with Crippen LogP contribution in [0.4, 0.5) is 15.6 Å². The number of aryl methyl sites for hydroxylation is 1. The molecule has 138 valence electrons. The van der Waals surface area contributed by atoms with Gasteiger partial charge in [0, 0.05) is 49.0 Å². The lowest BCUT2D eigenvalue weighted by atomic mass is 10.1. The summed E-state index contributed by atoms with van der Waals surface area (Å²) in [6.45, 7) is 4.90. The molecule has 7 heteroatoms. The highest BCUT2D eigenvalue weighted by molar-refractivity contribution is 7.09. The number of nitrogens with one attached hydrogen (secondary N) is 1. The normalized spacial score (nSPS) is 14.3. The largest absolute Gasteiger partial charge is 0.343 e. The molecule has 1 aliphatic rings. The fraction of sp³-hybridized carbons (Fsp3) is 0.250. The van der Waals surface area contributed by atoms with E-state index in [1.807, 2.05) is 47.4 Å². The average molecular weight is 379 g/mol. The number of para-hydroxylation sites is 1. The Labute approximate surface area is 162 Å². The second-order valence-corrected chi connectivity index (χ2v) is 7.27. The van der Waals surface area contributed by atoms with Gasteiger partial charge in [-0.3, -0.25) is 0 Å². The molecule has 2 heterocycles. The first-order valence-electron chi connectivity index (χ1n) is 8.96. The van der Waals surface area contributed by atoms with Crippen LogP contribution in [0.2, 0.25) is 0 Å². The fourth-order valence-electron chi connectivity index (χ4n) is 3.07. The van der Waals surface area contributed by atoms with Crippen LogP contribution in [0.5, 0.6) is 0 Å². The lowest BCUT2D eigenvalue weighted by molar-refractivity contribution is 0.208. The number of rotatable bonds is 3. The maximum atomic E-state index is 12.4. The van der Waals surface area contributed by atoms with Crippen molar-refractivity contribution in [2.45, 2.75) is 6.92 Å². The molecule has 1 saturated heterocycles. The Hall–Kier alpha value is -2.93. The maximum absolute atomic E-state index is 12.4. The fourth-order valence-corrected chi connectivity index (χ4v) is 3.81. The number of anilines is 2. The molecular formula is C20H21N5OS. The van der Waals surface area contributed by atoms with Crippen LogP contribution < -0.4 is 10.2 Å². The van der Waals surface area contributed by atoms with Crippen LogP contribution in [0.15, 0.2) is 54.6 Å². The number of benzene rings is 2. The summed E-state index contributed by atoms with van der Waals surface area (Å²) in [5.41, 5.74) is 3.05.